The predicted octanol–water partition coefficient (Wildman–Crippen LogP) is 0.475. The van der Waals surface area contributed by atoms with Crippen LogP contribution >= 0.6 is 12.6 Å². The number of aliphatic carboxylic acids is 1. The predicted molar refractivity (Wildman–Crippen MR) is 145 cm³/mol. The van der Waals surface area contributed by atoms with Gasteiger partial charge in [0.05, 0.1) is 6.04 Å². The summed E-state index contributed by atoms with van der Waals surface area (Å²) >= 11 is 4.03. The number of carboxylic acids is 1. The molecule has 12 heteroatoms. The van der Waals surface area contributed by atoms with Crippen molar-refractivity contribution in [3.8, 4) is 5.75 Å². The van der Waals surface area contributed by atoms with Gasteiger partial charge in [-0.1, -0.05) is 30.3 Å². The number of para-hydroxylation sites is 1. The van der Waals surface area contributed by atoms with Gasteiger partial charge in [0.1, 0.15) is 23.9 Å². The van der Waals surface area contributed by atoms with Gasteiger partial charge < -0.3 is 36.9 Å². The fourth-order valence-electron chi connectivity index (χ4n) is 3.84. The molecule has 0 fully saturated rings. The molecule has 4 atom stereocenters. The molecule has 1 aromatic heterocycles. The second kappa shape index (κ2) is 13.0. The number of thiol groups is 1. The second-order valence-electron chi connectivity index (χ2n) is 8.91. The summed E-state index contributed by atoms with van der Waals surface area (Å²) in [6, 6.07) is 9.06. The number of hydrogen-bond acceptors (Lipinski definition) is 7. The molecule has 3 aromatic rings. The Morgan fingerprint density at radius 1 is 0.921 bits per heavy atom. The molecule has 1 heterocycles. The summed E-state index contributed by atoms with van der Waals surface area (Å²) in [5, 5.41) is 27.5. The summed E-state index contributed by atoms with van der Waals surface area (Å²) in [7, 11) is 0. The van der Waals surface area contributed by atoms with Crippen molar-refractivity contribution in [1.29, 1.82) is 0 Å². The van der Waals surface area contributed by atoms with Crippen LogP contribution in [-0.2, 0) is 32.0 Å². The SMILES string of the molecule is CC(NC(=O)C(Cc1c[nH]c2ccccc12)NC(=O)C(N)CS)C(=O)NC(Cc1ccc(O)cc1)C(=O)O. The van der Waals surface area contributed by atoms with E-state index < -0.39 is 47.9 Å². The molecule has 0 aliphatic heterocycles. The van der Waals surface area contributed by atoms with Crippen molar-refractivity contribution in [2.75, 3.05) is 5.75 Å². The number of benzene rings is 2. The number of carbonyl (C=O) groups excluding carboxylic acids is 3. The normalized spacial score (nSPS) is 14.2. The first-order valence-electron chi connectivity index (χ1n) is 11.9. The highest BCUT2D eigenvalue weighted by atomic mass is 32.1. The van der Waals surface area contributed by atoms with Gasteiger partial charge in [-0.3, -0.25) is 14.4 Å². The highest BCUT2D eigenvalue weighted by molar-refractivity contribution is 7.80. The van der Waals surface area contributed by atoms with Crippen molar-refractivity contribution in [2.45, 2.75) is 43.9 Å². The van der Waals surface area contributed by atoms with Crippen LogP contribution in [0.15, 0.2) is 54.7 Å². The molecule has 0 aliphatic rings. The molecule has 2 aromatic carbocycles. The van der Waals surface area contributed by atoms with E-state index in [1.54, 1.807) is 18.3 Å². The Morgan fingerprint density at radius 3 is 2.24 bits per heavy atom. The van der Waals surface area contributed by atoms with E-state index in [1.807, 2.05) is 24.3 Å². The molecule has 11 nitrogen and oxygen atoms in total. The first-order valence-corrected chi connectivity index (χ1v) is 12.6. The topological polar surface area (TPSA) is 187 Å². The largest absolute Gasteiger partial charge is 0.508 e. The summed E-state index contributed by atoms with van der Waals surface area (Å²) in [6.45, 7) is 1.41. The average molecular weight is 542 g/mol. The van der Waals surface area contributed by atoms with Crippen molar-refractivity contribution >= 4 is 47.2 Å². The van der Waals surface area contributed by atoms with Crippen LogP contribution in [0.25, 0.3) is 10.9 Å². The van der Waals surface area contributed by atoms with Gasteiger partial charge in [0.25, 0.3) is 0 Å². The van der Waals surface area contributed by atoms with Gasteiger partial charge in [0.2, 0.25) is 17.7 Å². The number of carboxylic acid groups (broad SMARTS) is 1. The number of H-pyrrole nitrogens is 1. The van der Waals surface area contributed by atoms with Crippen LogP contribution in [0.3, 0.4) is 0 Å². The standard InChI is InChI=1S/C26H31N5O6S/c1-14(23(33)31-22(26(36)37)10-15-6-8-17(32)9-7-15)29-25(35)21(30-24(34)19(27)13-38)11-16-12-28-20-5-3-2-4-18(16)20/h2-9,12,14,19,21-22,28,32,38H,10-11,13,27H2,1H3,(H,29,35)(H,30,34)(H,31,33)(H,36,37). The molecule has 0 saturated heterocycles. The molecule has 0 saturated carbocycles. The lowest BCUT2D eigenvalue weighted by Gasteiger charge is -2.23. The lowest BCUT2D eigenvalue weighted by atomic mass is 10.0. The maximum Gasteiger partial charge on any atom is 0.326 e. The summed E-state index contributed by atoms with van der Waals surface area (Å²) in [4.78, 5) is 53.3. The van der Waals surface area contributed by atoms with E-state index in [2.05, 4.69) is 33.6 Å². The maximum absolute atomic E-state index is 13.2. The number of aromatic amines is 1. The van der Waals surface area contributed by atoms with E-state index in [4.69, 9.17) is 5.73 Å². The van der Waals surface area contributed by atoms with Crippen molar-refractivity contribution in [3.05, 3.63) is 65.9 Å². The Labute approximate surface area is 224 Å². The number of aromatic nitrogens is 1. The number of phenolic OH excluding ortho intramolecular Hbond substituents is 1. The fraction of sp³-hybridized carbons (Fsp3) is 0.308. The Morgan fingerprint density at radius 2 is 1.58 bits per heavy atom. The van der Waals surface area contributed by atoms with Crippen LogP contribution in [-0.4, -0.2) is 68.8 Å². The third-order valence-electron chi connectivity index (χ3n) is 6.01. The van der Waals surface area contributed by atoms with Crippen molar-refractivity contribution in [3.63, 3.8) is 0 Å². The number of aromatic hydroxyl groups is 1. The summed E-state index contributed by atoms with van der Waals surface area (Å²) in [5.74, 6) is -3.07. The van der Waals surface area contributed by atoms with Crippen LogP contribution < -0.4 is 21.7 Å². The lowest BCUT2D eigenvalue weighted by molar-refractivity contribution is -0.142. The molecule has 4 unspecified atom stereocenters. The summed E-state index contributed by atoms with van der Waals surface area (Å²) in [6.07, 6.45) is 1.84. The number of amides is 3. The van der Waals surface area contributed by atoms with Gasteiger partial charge in [-0.15, -0.1) is 0 Å². The number of hydrogen-bond donors (Lipinski definition) is 8. The zero-order valence-corrected chi connectivity index (χ0v) is 21.6. The number of fused-ring (bicyclic) bond motifs is 1. The molecule has 202 valence electrons. The maximum atomic E-state index is 13.2. The molecule has 0 aliphatic carbocycles. The van der Waals surface area contributed by atoms with E-state index in [1.165, 1.54) is 19.1 Å². The highest BCUT2D eigenvalue weighted by Gasteiger charge is 2.29. The van der Waals surface area contributed by atoms with Crippen molar-refractivity contribution < 1.29 is 29.4 Å². The van der Waals surface area contributed by atoms with Gasteiger partial charge in [-0.05, 0) is 36.2 Å². The first-order chi connectivity index (χ1) is 18.1. The molecule has 3 rings (SSSR count). The Kier molecular flexibility index (Phi) is 9.74. The van der Waals surface area contributed by atoms with Crippen LogP contribution in [0.4, 0.5) is 0 Å². The number of nitrogens with two attached hydrogens (primary N) is 1. The van der Waals surface area contributed by atoms with Gasteiger partial charge >= 0.3 is 5.97 Å². The summed E-state index contributed by atoms with van der Waals surface area (Å²) in [5.41, 5.74) is 8.00. The molecule has 8 N–H and O–H groups in total. The minimum Gasteiger partial charge on any atom is -0.508 e. The van der Waals surface area contributed by atoms with Crippen LogP contribution in [0.5, 0.6) is 5.75 Å². The number of rotatable bonds is 12. The van der Waals surface area contributed by atoms with Gasteiger partial charge in [0.15, 0.2) is 0 Å². The minimum atomic E-state index is -1.26. The molecular formula is C26H31N5O6S. The molecular weight excluding hydrogens is 510 g/mol. The molecule has 0 spiro atoms. The van der Waals surface area contributed by atoms with Gasteiger partial charge in [-0.2, -0.15) is 12.6 Å². The Hall–Kier alpha value is -4.03. The summed E-state index contributed by atoms with van der Waals surface area (Å²) < 4.78 is 0. The number of nitrogens with one attached hydrogen (secondary N) is 4. The van der Waals surface area contributed by atoms with E-state index in [9.17, 15) is 29.4 Å². The number of carbonyl (C=O) groups is 4. The zero-order valence-electron chi connectivity index (χ0n) is 20.7. The van der Waals surface area contributed by atoms with Crippen LogP contribution in [0.2, 0.25) is 0 Å². The second-order valence-corrected chi connectivity index (χ2v) is 9.28. The highest BCUT2D eigenvalue weighted by Crippen LogP contribution is 2.19. The zero-order chi connectivity index (χ0) is 27.8. The van der Waals surface area contributed by atoms with Crippen LogP contribution in [0.1, 0.15) is 18.1 Å². The quantitative estimate of drug-likeness (QED) is 0.153. The van der Waals surface area contributed by atoms with E-state index in [-0.39, 0.29) is 24.3 Å². The molecule has 38 heavy (non-hydrogen) atoms. The molecule has 0 bridgehead atoms. The molecule has 3 amide bonds. The minimum absolute atomic E-state index is 0.0249. The van der Waals surface area contributed by atoms with Gasteiger partial charge in [0, 0.05) is 35.7 Å². The third-order valence-corrected chi connectivity index (χ3v) is 6.40. The van der Waals surface area contributed by atoms with E-state index in [0.717, 1.165) is 16.5 Å². The van der Waals surface area contributed by atoms with E-state index in [0.29, 0.717) is 5.56 Å². The van der Waals surface area contributed by atoms with Gasteiger partial charge in [-0.25, -0.2) is 4.79 Å². The molecule has 0 radical (unpaired) electrons. The Balaban J connectivity index is 1.70. The smallest absolute Gasteiger partial charge is 0.326 e. The first kappa shape index (κ1) is 28.5. The van der Waals surface area contributed by atoms with E-state index >= 15 is 0 Å². The van der Waals surface area contributed by atoms with Crippen molar-refractivity contribution in [1.82, 2.24) is 20.9 Å². The Bertz CT molecular complexity index is 1290. The van der Waals surface area contributed by atoms with Crippen molar-refractivity contribution in [2.24, 2.45) is 5.73 Å². The van der Waals surface area contributed by atoms with Crippen LogP contribution in [0, 0.1) is 0 Å². The fourth-order valence-corrected chi connectivity index (χ4v) is 4.00. The monoisotopic (exact) mass is 541 g/mol. The number of phenols is 1. The third kappa shape index (κ3) is 7.49. The lowest BCUT2D eigenvalue weighted by Crippen LogP contribution is -2.57. The average Bonchev–Trinajstić information content (AvgIpc) is 3.31.